The summed E-state index contributed by atoms with van der Waals surface area (Å²) >= 11 is 0. The van der Waals surface area contributed by atoms with Crippen molar-refractivity contribution in [3.8, 4) is 0 Å². The summed E-state index contributed by atoms with van der Waals surface area (Å²) in [5.41, 5.74) is 0.333. The molecule has 0 unspecified atom stereocenters. The molecule has 0 fully saturated rings. The molecule has 12 heavy (non-hydrogen) atoms. The first kappa shape index (κ1) is 9.10. The molecular formula is C9H8F3. The number of hydrogen-bond donors (Lipinski definition) is 0. The van der Waals surface area contributed by atoms with Crippen LogP contribution in [0, 0.1) is 6.42 Å². The van der Waals surface area contributed by atoms with E-state index in [2.05, 4.69) is 0 Å². The lowest BCUT2D eigenvalue weighted by Crippen LogP contribution is -2.19. The normalized spacial score (nSPS) is 11.6. The lowest BCUT2D eigenvalue weighted by atomic mass is 10.1. The van der Waals surface area contributed by atoms with Crippen molar-refractivity contribution in [2.24, 2.45) is 0 Å². The Bertz CT molecular complexity index is 231. The molecular weight excluding hydrogens is 165 g/mol. The minimum Gasteiger partial charge on any atom is -0.244 e. The minimum atomic E-state index is -3.35. The molecule has 0 saturated heterocycles. The van der Waals surface area contributed by atoms with Gasteiger partial charge in [-0.25, -0.2) is 13.2 Å². The maximum Gasteiger partial charge on any atom is 0.283 e. The number of hydrogen-bond acceptors (Lipinski definition) is 0. The molecule has 0 aliphatic heterocycles. The molecule has 0 amide bonds. The molecule has 0 bridgehead atoms. The van der Waals surface area contributed by atoms with Crippen LogP contribution in [0.5, 0.6) is 0 Å². The van der Waals surface area contributed by atoms with E-state index in [0.717, 1.165) is 0 Å². The average molecular weight is 173 g/mol. The Labute approximate surface area is 69.0 Å². The van der Waals surface area contributed by atoms with E-state index in [-0.39, 0.29) is 0 Å². The summed E-state index contributed by atoms with van der Waals surface area (Å²) in [5, 5.41) is 0. The van der Waals surface area contributed by atoms with Crippen molar-refractivity contribution in [1.82, 2.24) is 0 Å². The summed E-state index contributed by atoms with van der Waals surface area (Å²) < 4.78 is 36.5. The molecule has 1 rings (SSSR count). The summed E-state index contributed by atoms with van der Waals surface area (Å²) in [6, 6.07) is 7.97. The molecule has 0 heterocycles. The van der Waals surface area contributed by atoms with Gasteiger partial charge in [0.05, 0.1) is 6.42 Å². The van der Waals surface area contributed by atoms with E-state index in [9.17, 15) is 13.2 Å². The first-order valence-electron chi connectivity index (χ1n) is 3.49. The highest BCUT2D eigenvalue weighted by Gasteiger charge is 2.29. The standard InChI is InChI=1S/C9H8F3/c10-7-9(11,12)6-8-4-2-1-3-5-8/h1-6H,7H2. The zero-order chi connectivity index (χ0) is 9.03. The van der Waals surface area contributed by atoms with Crippen molar-refractivity contribution in [2.45, 2.75) is 5.92 Å². The quantitative estimate of drug-likeness (QED) is 0.659. The van der Waals surface area contributed by atoms with Crippen LogP contribution in [0.15, 0.2) is 30.3 Å². The fourth-order valence-corrected chi connectivity index (χ4v) is 0.832. The SMILES string of the molecule is FCC(F)(F)[CH]c1ccccc1. The van der Waals surface area contributed by atoms with Gasteiger partial charge >= 0.3 is 0 Å². The van der Waals surface area contributed by atoms with Gasteiger partial charge in [-0.3, -0.25) is 0 Å². The van der Waals surface area contributed by atoms with Gasteiger partial charge in [0.2, 0.25) is 0 Å². The molecule has 0 N–H and O–H groups in total. The largest absolute Gasteiger partial charge is 0.283 e. The predicted molar refractivity (Wildman–Crippen MR) is 40.8 cm³/mol. The van der Waals surface area contributed by atoms with Crippen molar-refractivity contribution in [2.75, 3.05) is 6.67 Å². The second kappa shape index (κ2) is 3.61. The zero-order valence-electron chi connectivity index (χ0n) is 6.31. The lowest BCUT2D eigenvalue weighted by molar-refractivity contribution is 0.0141. The Hall–Kier alpha value is -0.990. The Morgan fingerprint density at radius 1 is 1.17 bits per heavy atom. The Morgan fingerprint density at radius 2 is 1.75 bits per heavy atom. The van der Waals surface area contributed by atoms with Gasteiger partial charge < -0.3 is 0 Å². The molecule has 0 saturated carbocycles. The molecule has 1 radical (unpaired) electrons. The zero-order valence-corrected chi connectivity index (χ0v) is 6.31. The second-order valence-corrected chi connectivity index (χ2v) is 2.45. The van der Waals surface area contributed by atoms with E-state index >= 15 is 0 Å². The van der Waals surface area contributed by atoms with Crippen molar-refractivity contribution >= 4 is 0 Å². The van der Waals surface area contributed by atoms with Gasteiger partial charge in [0.1, 0.15) is 0 Å². The summed E-state index contributed by atoms with van der Waals surface area (Å²) in [6.45, 7) is -1.65. The van der Waals surface area contributed by atoms with Gasteiger partial charge in [0, 0.05) is 0 Å². The number of benzene rings is 1. The molecule has 0 spiro atoms. The van der Waals surface area contributed by atoms with E-state index in [1.165, 1.54) is 12.1 Å². The van der Waals surface area contributed by atoms with Crippen LogP contribution >= 0.6 is 0 Å². The van der Waals surface area contributed by atoms with Crippen LogP contribution in [0.2, 0.25) is 0 Å². The summed E-state index contributed by atoms with van der Waals surface area (Å²) in [7, 11) is 0. The van der Waals surface area contributed by atoms with Gasteiger partial charge in [-0.1, -0.05) is 30.3 Å². The van der Waals surface area contributed by atoms with E-state index in [4.69, 9.17) is 0 Å². The van der Waals surface area contributed by atoms with Crippen molar-refractivity contribution in [1.29, 1.82) is 0 Å². The van der Waals surface area contributed by atoms with Crippen LogP contribution in [0.4, 0.5) is 13.2 Å². The second-order valence-electron chi connectivity index (χ2n) is 2.45. The van der Waals surface area contributed by atoms with Gasteiger partial charge in [0.25, 0.3) is 5.92 Å². The third-order valence-electron chi connectivity index (χ3n) is 1.36. The van der Waals surface area contributed by atoms with Gasteiger partial charge in [-0.15, -0.1) is 0 Å². The van der Waals surface area contributed by atoms with E-state index in [1.54, 1.807) is 18.2 Å². The molecule has 65 valence electrons. The Kier molecular flexibility index (Phi) is 2.74. The van der Waals surface area contributed by atoms with E-state index < -0.39 is 12.6 Å². The van der Waals surface area contributed by atoms with Gasteiger partial charge in [-0.2, -0.15) is 0 Å². The number of halogens is 3. The van der Waals surface area contributed by atoms with E-state index in [1.807, 2.05) is 0 Å². The number of rotatable bonds is 3. The van der Waals surface area contributed by atoms with Crippen LogP contribution in [0.25, 0.3) is 0 Å². The lowest BCUT2D eigenvalue weighted by Gasteiger charge is -2.10. The van der Waals surface area contributed by atoms with Crippen molar-refractivity contribution < 1.29 is 13.2 Å². The molecule has 1 aromatic rings. The number of alkyl halides is 3. The first-order chi connectivity index (χ1) is 5.64. The minimum absolute atomic E-state index is 0.333. The molecule has 0 aliphatic rings. The molecule has 0 nitrogen and oxygen atoms in total. The smallest absolute Gasteiger partial charge is 0.244 e. The summed E-state index contributed by atoms with van der Waals surface area (Å²) in [6.07, 6.45) is 0.618. The Balaban J connectivity index is 2.64. The van der Waals surface area contributed by atoms with E-state index in [0.29, 0.717) is 12.0 Å². The molecule has 0 atom stereocenters. The van der Waals surface area contributed by atoms with Crippen LogP contribution in [0.3, 0.4) is 0 Å². The highest BCUT2D eigenvalue weighted by molar-refractivity contribution is 5.25. The molecule has 0 aliphatic carbocycles. The van der Waals surface area contributed by atoms with Crippen LogP contribution in [-0.4, -0.2) is 12.6 Å². The predicted octanol–water partition coefficient (Wildman–Crippen LogP) is 2.84. The van der Waals surface area contributed by atoms with Gasteiger partial charge in [0.15, 0.2) is 6.67 Å². The third kappa shape index (κ3) is 2.57. The molecule has 0 aromatic heterocycles. The Morgan fingerprint density at radius 3 is 2.25 bits per heavy atom. The molecule has 1 aromatic carbocycles. The van der Waals surface area contributed by atoms with Crippen LogP contribution in [0.1, 0.15) is 5.56 Å². The fraction of sp³-hybridized carbons (Fsp3) is 0.222. The maximum absolute atomic E-state index is 12.4. The van der Waals surface area contributed by atoms with Crippen molar-refractivity contribution in [3.05, 3.63) is 42.3 Å². The highest BCUT2D eigenvalue weighted by Crippen LogP contribution is 2.22. The topological polar surface area (TPSA) is 0 Å². The van der Waals surface area contributed by atoms with Crippen molar-refractivity contribution in [3.63, 3.8) is 0 Å². The summed E-state index contributed by atoms with van der Waals surface area (Å²) in [4.78, 5) is 0. The molecule has 3 heteroatoms. The maximum atomic E-state index is 12.4. The third-order valence-corrected chi connectivity index (χ3v) is 1.36. The monoisotopic (exact) mass is 173 g/mol. The fourth-order valence-electron chi connectivity index (χ4n) is 0.832. The van der Waals surface area contributed by atoms with Crippen LogP contribution < -0.4 is 0 Å². The van der Waals surface area contributed by atoms with Gasteiger partial charge in [-0.05, 0) is 5.56 Å². The van der Waals surface area contributed by atoms with Crippen LogP contribution in [-0.2, 0) is 0 Å². The summed E-state index contributed by atoms with van der Waals surface area (Å²) in [5.74, 6) is -3.35. The average Bonchev–Trinajstić information content (AvgIpc) is 2.06. The first-order valence-corrected chi connectivity index (χ1v) is 3.49. The highest BCUT2D eigenvalue weighted by atomic mass is 19.3.